The van der Waals surface area contributed by atoms with E-state index in [9.17, 15) is 9.90 Å². The average Bonchev–Trinajstić information content (AvgIpc) is 2.98. The molecule has 104 valence electrons. The SMILES string of the molecule is Cc1cnn(CC(=O)N[C@@H]2CCc3c(O)cccc32)c1. The van der Waals surface area contributed by atoms with E-state index in [4.69, 9.17) is 0 Å². The van der Waals surface area contributed by atoms with Crippen molar-refractivity contribution in [2.75, 3.05) is 0 Å². The molecule has 1 amide bonds. The average molecular weight is 271 g/mol. The van der Waals surface area contributed by atoms with Gasteiger partial charge in [0, 0.05) is 6.20 Å². The van der Waals surface area contributed by atoms with Crippen molar-refractivity contribution in [3.05, 3.63) is 47.3 Å². The minimum atomic E-state index is -0.0608. The molecule has 0 spiro atoms. The Balaban J connectivity index is 1.68. The number of phenolic OH excluding ortho intramolecular Hbond substituents is 1. The molecule has 0 saturated heterocycles. The summed E-state index contributed by atoms with van der Waals surface area (Å²) in [5.41, 5.74) is 3.01. The van der Waals surface area contributed by atoms with Crippen LogP contribution in [0.25, 0.3) is 0 Å². The van der Waals surface area contributed by atoms with Gasteiger partial charge in [0.05, 0.1) is 12.2 Å². The molecule has 0 radical (unpaired) electrons. The number of nitrogens with one attached hydrogen (secondary N) is 1. The number of benzene rings is 1. The Hall–Kier alpha value is -2.30. The summed E-state index contributed by atoms with van der Waals surface area (Å²) >= 11 is 0. The molecule has 2 N–H and O–H groups in total. The molecule has 0 bridgehead atoms. The summed E-state index contributed by atoms with van der Waals surface area (Å²) in [5, 5.41) is 16.9. The quantitative estimate of drug-likeness (QED) is 0.893. The predicted octanol–water partition coefficient (Wildman–Crippen LogP) is 1.70. The van der Waals surface area contributed by atoms with Gasteiger partial charge < -0.3 is 10.4 Å². The molecular formula is C15H17N3O2. The molecule has 2 aromatic rings. The standard InChI is InChI=1S/C15H17N3O2/c1-10-7-16-18(8-10)9-15(20)17-13-6-5-12-11(13)3-2-4-14(12)19/h2-4,7-8,13,19H,5-6,9H2,1H3,(H,17,20)/t13-/m1/s1. The molecule has 1 aliphatic carbocycles. The molecule has 0 saturated carbocycles. The van der Waals surface area contributed by atoms with Crippen molar-refractivity contribution in [1.82, 2.24) is 15.1 Å². The van der Waals surface area contributed by atoms with Crippen LogP contribution in [-0.2, 0) is 17.8 Å². The first-order valence-corrected chi connectivity index (χ1v) is 6.72. The molecule has 3 rings (SSSR count). The minimum Gasteiger partial charge on any atom is -0.508 e. The molecular weight excluding hydrogens is 254 g/mol. The van der Waals surface area contributed by atoms with Gasteiger partial charge in [0.25, 0.3) is 0 Å². The van der Waals surface area contributed by atoms with Crippen LogP contribution in [0.1, 0.15) is 29.2 Å². The van der Waals surface area contributed by atoms with E-state index in [0.29, 0.717) is 5.75 Å². The number of fused-ring (bicyclic) bond motifs is 1. The number of aryl methyl sites for hydroxylation is 1. The number of phenols is 1. The third-order valence-corrected chi connectivity index (χ3v) is 3.65. The zero-order chi connectivity index (χ0) is 14.1. The van der Waals surface area contributed by atoms with Gasteiger partial charge in [0.15, 0.2) is 0 Å². The first-order valence-electron chi connectivity index (χ1n) is 6.72. The summed E-state index contributed by atoms with van der Waals surface area (Å²) in [7, 11) is 0. The highest BCUT2D eigenvalue weighted by Gasteiger charge is 2.25. The van der Waals surface area contributed by atoms with Gasteiger partial charge in [-0.3, -0.25) is 9.48 Å². The van der Waals surface area contributed by atoms with Gasteiger partial charge in [0.1, 0.15) is 12.3 Å². The maximum atomic E-state index is 12.0. The summed E-state index contributed by atoms with van der Waals surface area (Å²) in [4.78, 5) is 12.0. The highest BCUT2D eigenvalue weighted by Crippen LogP contribution is 2.36. The summed E-state index contributed by atoms with van der Waals surface area (Å²) < 4.78 is 1.63. The van der Waals surface area contributed by atoms with Gasteiger partial charge in [-0.25, -0.2) is 0 Å². The van der Waals surface area contributed by atoms with E-state index in [1.165, 1.54) is 0 Å². The zero-order valence-electron chi connectivity index (χ0n) is 11.3. The maximum absolute atomic E-state index is 12.0. The van der Waals surface area contributed by atoms with Crippen molar-refractivity contribution >= 4 is 5.91 Å². The van der Waals surface area contributed by atoms with Crippen LogP contribution in [0.15, 0.2) is 30.6 Å². The lowest BCUT2D eigenvalue weighted by molar-refractivity contribution is -0.122. The molecule has 1 heterocycles. The van der Waals surface area contributed by atoms with Crippen LogP contribution in [0.5, 0.6) is 5.75 Å². The topological polar surface area (TPSA) is 67.2 Å². The molecule has 5 nitrogen and oxygen atoms in total. The van der Waals surface area contributed by atoms with E-state index in [-0.39, 0.29) is 18.5 Å². The van der Waals surface area contributed by atoms with Crippen LogP contribution < -0.4 is 5.32 Å². The van der Waals surface area contributed by atoms with Gasteiger partial charge in [0.2, 0.25) is 5.91 Å². The smallest absolute Gasteiger partial charge is 0.242 e. The summed E-state index contributed by atoms with van der Waals surface area (Å²) in [6.07, 6.45) is 5.20. The number of nitrogens with zero attached hydrogens (tertiary/aromatic N) is 2. The fourth-order valence-electron chi connectivity index (χ4n) is 2.73. The minimum absolute atomic E-state index is 0.0127. The van der Waals surface area contributed by atoms with Crippen LogP contribution >= 0.6 is 0 Å². The number of rotatable bonds is 3. The number of aromatic hydroxyl groups is 1. The van der Waals surface area contributed by atoms with Gasteiger partial charge in [-0.2, -0.15) is 5.10 Å². The monoisotopic (exact) mass is 271 g/mol. The Morgan fingerprint density at radius 1 is 1.55 bits per heavy atom. The van der Waals surface area contributed by atoms with Crippen molar-refractivity contribution < 1.29 is 9.90 Å². The number of hydrogen-bond acceptors (Lipinski definition) is 3. The van der Waals surface area contributed by atoms with Crippen molar-refractivity contribution in [2.45, 2.75) is 32.4 Å². The number of carbonyl (C=O) groups is 1. The number of amides is 1. The van der Waals surface area contributed by atoms with Crippen molar-refractivity contribution in [2.24, 2.45) is 0 Å². The zero-order valence-corrected chi connectivity index (χ0v) is 11.3. The predicted molar refractivity (Wildman–Crippen MR) is 74.3 cm³/mol. The van der Waals surface area contributed by atoms with E-state index >= 15 is 0 Å². The fraction of sp³-hybridized carbons (Fsp3) is 0.333. The first-order chi connectivity index (χ1) is 9.63. The molecule has 0 aliphatic heterocycles. The highest BCUT2D eigenvalue weighted by atomic mass is 16.3. The van der Waals surface area contributed by atoms with Crippen LogP contribution in [0.4, 0.5) is 0 Å². The molecule has 1 atom stereocenters. The van der Waals surface area contributed by atoms with Crippen LogP contribution in [-0.4, -0.2) is 20.8 Å². The second-order valence-electron chi connectivity index (χ2n) is 5.22. The van der Waals surface area contributed by atoms with Crippen LogP contribution in [0.2, 0.25) is 0 Å². The second kappa shape index (κ2) is 5.00. The Morgan fingerprint density at radius 3 is 3.15 bits per heavy atom. The van der Waals surface area contributed by atoms with E-state index in [1.807, 2.05) is 25.3 Å². The van der Waals surface area contributed by atoms with E-state index in [1.54, 1.807) is 16.9 Å². The molecule has 5 heteroatoms. The second-order valence-corrected chi connectivity index (χ2v) is 5.22. The number of carbonyl (C=O) groups excluding carboxylic acids is 1. The third-order valence-electron chi connectivity index (χ3n) is 3.65. The molecule has 1 aliphatic rings. The van der Waals surface area contributed by atoms with E-state index < -0.39 is 0 Å². The molecule has 1 aromatic carbocycles. The Labute approximate surface area is 117 Å². The third kappa shape index (κ3) is 2.39. The fourth-order valence-corrected chi connectivity index (χ4v) is 2.73. The van der Waals surface area contributed by atoms with Crippen molar-refractivity contribution in [3.8, 4) is 5.75 Å². The Bertz CT molecular complexity index is 648. The lowest BCUT2D eigenvalue weighted by Crippen LogP contribution is -2.30. The summed E-state index contributed by atoms with van der Waals surface area (Å²) in [5.74, 6) is 0.260. The van der Waals surface area contributed by atoms with Gasteiger partial charge in [-0.05, 0) is 42.5 Å². The molecule has 1 aromatic heterocycles. The highest BCUT2D eigenvalue weighted by molar-refractivity contribution is 5.76. The lowest BCUT2D eigenvalue weighted by Gasteiger charge is -2.14. The lowest BCUT2D eigenvalue weighted by atomic mass is 10.1. The molecule has 0 fully saturated rings. The first kappa shape index (κ1) is 12.7. The number of hydrogen-bond donors (Lipinski definition) is 2. The van der Waals surface area contributed by atoms with Gasteiger partial charge in [-0.15, -0.1) is 0 Å². The van der Waals surface area contributed by atoms with E-state index in [2.05, 4.69) is 10.4 Å². The Kier molecular flexibility index (Phi) is 3.18. The maximum Gasteiger partial charge on any atom is 0.242 e. The van der Waals surface area contributed by atoms with Crippen molar-refractivity contribution in [1.29, 1.82) is 0 Å². The van der Waals surface area contributed by atoms with E-state index in [0.717, 1.165) is 29.5 Å². The Morgan fingerprint density at radius 2 is 2.40 bits per heavy atom. The van der Waals surface area contributed by atoms with Gasteiger partial charge in [-0.1, -0.05) is 12.1 Å². The van der Waals surface area contributed by atoms with Crippen LogP contribution in [0, 0.1) is 6.92 Å². The largest absolute Gasteiger partial charge is 0.508 e. The molecule has 0 unspecified atom stereocenters. The van der Waals surface area contributed by atoms with Crippen molar-refractivity contribution in [3.63, 3.8) is 0 Å². The number of aromatic nitrogens is 2. The van der Waals surface area contributed by atoms with Gasteiger partial charge >= 0.3 is 0 Å². The summed E-state index contributed by atoms with van der Waals surface area (Å²) in [6, 6.07) is 5.46. The normalized spacial score (nSPS) is 16.9. The summed E-state index contributed by atoms with van der Waals surface area (Å²) in [6.45, 7) is 2.16. The molecule has 20 heavy (non-hydrogen) atoms. The van der Waals surface area contributed by atoms with Crippen LogP contribution in [0.3, 0.4) is 0 Å².